The normalized spacial score (nSPS) is 10.7. The van der Waals surface area contributed by atoms with Crippen molar-refractivity contribution in [3.8, 4) is 39.8 Å². The average Bonchev–Trinajstić information content (AvgIpc) is 2.84. The van der Waals surface area contributed by atoms with Gasteiger partial charge in [-0.3, -0.25) is 0 Å². The Kier molecular flexibility index (Phi) is 4.92. The van der Waals surface area contributed by atoms with Gasteiger partial charge in [0, 0.05) is 11.1 Å². The molecule has 4 aromatic carbocycles. The fourth-order valence-corrected chi connectivity index (χ4v) is 3.86. The van der Waals surface area contributed by atoms with Crippen molar-refractivity contribution in [3.63, 3.8) is 0 Å². The second-order valence-corrected chi connectivity index (χ2v) is 7.54. The number of halogens is 1. The van der Waals surface area contributed by atoms with Gasteiger partial charge in [0.05, 0.1) is 5.69 Å². The molecule has 0 radical (unpaired) electrons. The van der Waals surface area contributed by atoms with E-state index in [9.17, 15) is 5.26 Å². The zero-order valence-corrected chi connectivity index (χ0v) is 17.2. The number of hydrogen-bond acceptors (Lipinski definition) is 3. The third-order valence-electron chi connectivity index (χ3n) is 5.25. The molecular formula is C27H16ClN3. The summed E-state index contributed by atoms with van der Waals surface area (Å²) in [5.41, 5.74) is 4.71. The third-order valence-corrected chi connectivity index (χ3v) is 5.52. The first kappa shape index (κ1) is 19.0. The molecule has 0 bridgehead atoms. The van der Waals surface area contributed by atoms with Crippen molar-refractivity contribution >= 4 is 22.4 Å². The van der Waals surface area contributed by atoms with Crippen molar-refractivity contribution in [2.45, 2.75) is 0 Å². The SMILES string of the molecule is N#Cc1c(Cl)nc(-c2ccccc2)nc1-c1ccc(-c2ccc3ccccc3c2)cc1. The summed E-state index contributed by atoms with van der Waals surface area (Å²) in [6.45, 7) is 0. The molecule has 0 unspecified atom stereocenters. The van der Waals surface area contributed by atoms with Crippen molar-refractivity contribution in [2.75, 3.05) is 0 Å². The van der Waals surface area contributed by atoms with Gasteiger partial charge in [-0.15, -0.1) is 0 Å². The Balaban J connectivity index is 1.57. The molecule has 1 aromatic heterocycles. The number of benzene rings is 4. The van der Waals surface area contributed by atoms with Gasteiger partial charge in [0.1, 0.15) is 11.6 Å². The minimum absolute atomic E-state index is 0.157. The molecule has 0 fully saturated rings. The summed E-state index contributed by atoms with van der Waals surface area (Å²) in [5.74, 6) is 0.498. The lowest BCUT2D eigenvalue weighted by atomic mass is 9.99. The largest absolute Gasteiger partial charge is 0.226 e. The first-order chi connectivity index (χ1) is 15.2. The zero-order valence-electron chi connectivity index (χ0n) is 16.5. The Morgan fingerprint density at radius 3 is 2.00 bits per heavy atom. The summed E-state index contributed by atoms with van der Waals surface area (Å²) < 4.78 is 0. The number of rotatable bonds is 3. The molecule has 1 heterocycles. The second-order valence-electron chi connectivity index (χ2n) is 7.18. The molecule has 5 aromatic rings. The highest BCUT2D eigenvalue weighted by Gasteiger charge is 2.16. The molecule has 0 atom stereocenters. The molecule has 31 heavy (non-hydrogen) atoms. The average molecular weight is 418 g/mol. The molecule has 0 aliphatic carbocycles. The fourth-order valence-electron chi connectivity index (χ4n) is 3.65. The predicted octanol–water partition coefficient (Wildman–Crippen LogP) is 7.16. The maximum atomic E-state index is 9.64. The van der Waals surface area contributed by atoms with Gasteiger partial charge in [-0.05, 0) is 28.0 Å². The van der Waals surface area contributed by atoms with Crippen molar-refractivity contribution in [2.24, 2.45) is 0 Å². The summed E-state index contributed by atoms with van der Waals surface area (Å²) in [6, 6.07) is 34.5. The van der Waals surface area contributed by atoms with Crippen molar-refractivity contribution in [3.05, 3.63) is 108 Å². The maximum absolute atomic E-state index is 9.64. The Bertz CT molecular complexity index is 1440. The minimum atomic E-state index is 0.157. The Morgan fingerprint density at radius 2 is 1.26 bits per heavy atom. The summed E-state index contributed by atoms with van der Waals surface area (Å²) in [7, 11) is 0. The topological polar surface area (TPSA) is 49.6 Å². The van der Waals surface area contributed by atoms with E-state index in [0.29, 0.717) is 11.5 Å². The molecule has 146 valence electrons. The van der Waals surface area contributed by atoms with Crippen LogP contribution in [0.15, 0.2) is 97.1 Å². The molecule has 0 saturated heterocycles. The van der Waals surface area contributed by atoms with Crippen molar-refractivity contribution in [1.82, 2.24) is 9.97 Å². The van der Waals surface area contributed by atoms with Crippen LogP contribution in [0.5, 0.6) is 0 Å². The lowest BCUT2D eigenvalue weighted by Crippen LogP contribution is -1.98. The highest BCUT2D eigenvalue weighted by atomic mass is 35.5. The molecular weight excluding hydrogens is 402 g/mol. The van der Waals surface area contributed by atoms with Gasteiger partial charge in [-0.2, -0.15) is 5.26 Å². The van der Waals surface area contributed by atoms with Crippen LogP contribution in [0.25, 0.3) is 44.5 Å². The summed E-state index contributed by atoms with van der Waals surface area (Å²) in [4.78, 5) is 9.00. The van der Waals surface area contributed by atoms with Crippen LogP contribution in [0.3, 0.4) is 0 Å². The van der Waals surface area contributed by atoms with E-state index in [1.807, 2.05) is 66.7 Å². The van der Waals surface area contributed by atoms with Gasteiger partial charge in [0.15, 0.2) is 11.0 Å². The summed E-state index contributed by atoms with van der Waals surface area (Å²) in [6.07, 6.45) is 0. The standard InChI is InChI=1S/C27H16ClN3/c28-26-24(17-29)25(30-27(31-26)21-7-2-1-3-8-21)20-13-10-19(11-14-20)23-15-12-18-6-4-5-9-22(18)16-23/h1-16H. The Labute approximate surface area is 185 Å². The maximum Gasteiger partial charge on any atom is 0.161 e. The fraction of sp³-hybridized carbons (Fsp3) is 0. The molecule has 5 rings (SSSR count). The zero-order chi connectivity index (χ0) is 21.2. The minimum Gasteiger partial charge on any atom is -0.226 e. The second kappa shape index (κ2) is 8.02. The first-order valence-corrected chi connectivity index (χ1v) is 10.2. The third kappa shape index (κ3) is 3.66. The van der Waals surface area contributed by atoms with Crippen molar-refractivity contribution < 1.29 is 0 Å². The summed E-state index contributed by atoms with van der Waals surface area (Å²) in [5, 5.41) is 12.2. The summed E-state index contributed by atoms with van der Waals surface area (Å²) >= 11 is 6.34. The monoisotopic (exact) mass is 417 g/mol. The molecule has 0 aliphatic rings. The van der Waals surface area contributed by atoms with E-state index in [1.165, 1.54) is 10.8 Å². The van der Waals surface area contributed by atoms with E-state index in [-0.39, 0.29) is 10.7 Å². The predicted molar refractivity (Wildman–Crippen MR) is 126 cm³/mol. The number of fused-ring (bicyclic) bond motifs is 1. The number of hydrogen-bond donors (Lipinski definition) is 0. The lowest BCUT2D eigenvalue weighted by Gasteiger charge is -2.10. The Morgan fingerprint density at radius 1 is 0.613 bits per heavy atom. The highest BCUT2D eigenvalue weighted by Crippen LogP contribution is 2.31. The van der Waals surface area contributed by atoms with E-state index in [2.05, 4.69) is 46.4 Å². The van der Waals surface area contributed by atoms with E-state index in [0.717, 1.165) is 22.3 Å². The van der Waals surface area contributed by atoms with Gasteiger partial charge in [0.25, 0.3) is 0 Å². The molecule has 0 aliphatic heterocycles. The molecule has 0 amide bonds. The molecule has 3 nitrogen and oxygen atoms in total. The molecule has 0 spiro atoms. The first-order valence-electron chi connectivity index (χ1n) is 9.85. The Hall–Kier alpha value is -4.00. The van der Waals surface area contributed by atoms with Gasteiger partial charge in [-0.1, -0.05) is 103 Å². The van der Waals surface area contributed by atoms with Crippen LogP contribution in [0.4, 0.5) is 0 Å². The number of aromatic nitrogens is 2. The van der Waals surface area contributed by atoms with E-state index >= 15 is 0 Å². The van der Waals surface area contributed by atoms with Crippen LogP contribution in [0.2, 0.25) is 5.15 Å². The van der Waals surface area contributed by atoms with Crippen LogP contribution >= 0.6 is 11.6 Å². The lowest BCUT2D eigenvalue weighted by molar-refractivity contribution is 1.16. The van der Waals surface area contributed by atoms with E-state index < -0.39 is 0 Å². The van der Waals surface area contributed by atoms with Crippen LogP contribution in [-0.2, 0) is 0 Å². The highest BCUT2D eigenvalue weighted by molar-refractivity contribution is 6.31. The number of nitriles is 1. The van der Waals surface area contributed by atoms with Gasteiger partial charge < -0.3 is 0 Å². The smallest absolute Gasteiger partial charge is 0.161 e. The van der Waals surface area contributed by atoms with Crippen LogP contribution < -0.4 is 0 Å². The van der Waals surface area contributed by atoms with Crippen molar-refractivity contribution in [1.29, 1.82) is 5.26 Å². The van der Waals surface area contributed by atoms with Crippen LogP contribution in [-0.4, -0.2) is 9.97 Å². The quantitative estimate of drug-likeness (QED) is 0.293. The molecule has 0 N–H and O–H groups in total. The van der Waals surface area contributed by atoms with Gasteiger partial charge in [0.2, 0.25) is 0 Å². The number of nitrogens with zero attached hydrogens (tertiary/aromatic N) is 3. The van der Waals surface area contributed by atoms with Gasteiger partial charge in [-0.25, -0.2) is 9.97 Å². The molecule has 0 saturated carbocycles. The molecule has 4 heteroatoms. The van der Waals surface area contributed by atoms with E-state index in [1.54, 1.807) is 0 Å². The van der Waals surface area contributed by atoms with Crippen LogP contribution in [0, 0.1) is 11.3 Å². The van der Waals surface area contributed by atoms with Gasteiger partial charge >= 0.3 is 0 Å². The van der Waals surface area contributed by atoms with Crippen LogP contribution in [0.1, 0.15) is 5.56 Å². The van der Waals surface area contributed by atoms with E-state index in [4.69, 9.17) is 11.6 Å².